The molecule has 0 saturated heterocycles. The molecule has 0 radical (unpaired) electrons. The number of methoxy groups -OCH3 is 2. The van der Waals surface area contributed by atoms with Crippen LogP contribution in [0.15, 0.2) is 42.9 Å². The first-order chi connectivity index (χ1) is 14.2. The molecule has 0 unspecified atom stereocenters. The maximum Gasteiger partial charge on any atom is 0.205 e. The first kappa shape index (κ1) is 19.8. The second-order valence-electron chi connectivity index (χ2n) is 8.29. The lowest BCUT2D eigenvalue weighted by atomic mass is 10.1. The number of nitrogens with zero attached hydrogens (tertiary/aromatic N) is 4. The molecule has 0 aliphatic rings. The summed E-state index contributed by atoms with van der Waals surface area (Å²) in [5, 5.41) is 16.1. The van der Waals surface area contributed by atoms with Crippen molar-refractivity contribution in [3.05, 3.63) is 48.4 Å². The predicted molar refractivity (Wildman–Crippen MR) is 117 cm³/mol. The number of aromatic hydroxyl groups is 1. The zero-order valence-corrected chi connectivity index (χ0v) is 18.1. The minimum absolute atomic E-state index is 0.144. The Labute approximate surface area is 175 Å². The second kappa shape index (κ2) is 7.09. The van der Waals surface area contributed by atoms with Crippen LogP contribution >= 0.6 is 0 Å². The molecule has 156 valence electrons. The second-order valence-corrected chi connectivity index (χ2v) is 8.29. The molecule has 0 spiro atoms. The lowest BCUT2D eigenvalue weighted by molar-refractivity contribution is 0.355. The van der Waals surface area contributed by atoms with Gasteiger partial charge in [0.25, 0.3) is 0 Å². The molecule has 0 aliphatic carbocycles. The summed E-state index contributed by atoms with van der Waals surface area (Å²) in [5.41, 5.74) is 3.99. The maximum absolute atomic E-state index is 10.9. The maximum atomic E-state index is 10.9. The largest absolute Gasteiger partial charge is 0.494 e. The van der Waals surface area contributed by atoms with Crippen molar-refractivity contribution in [1.82, 2.24) is 19.3 Å². The fourth-order valence-electron chi connectivity index (χ4n) is 3.53. The van der Waals surface area contributed by atoms with E-state index < -0.39 is 0 Å². The third-order valence-corrected chi connectivity index (χ3v) is 5.16. The van der Waals surface area contributed by atoms with E-state index in [-0.39, 0.29) is 11.4 Å². The van der Waals surface area contributed by atoms with E-state index in [2.05, 4.69) is 25.9 Å². The summed E-state index contributed by atoms with van der Waals surface area (Å²) in [4.78, 5) is 4.80. The van der Waals surface area contributed by atoms with Crippen molar-refractivity contribution in [2.45, 2.75) is 33.2 Å². The Hall–Kier alpha value is -3.48. The van der Waals surface area contributed by atoms with Crippen molar-refractivity contribution in [3.8, 4) is 34.3 Å². The van der Waals surface area contributed by atoms with E-state index in [9.17, 15) is 5.11 Å². The van der Waals surface area contributed by atoms with E-state index in [1.807, 2.05) is 48.3 Å². The van der Waals surface area contributed by atoms with E-state index >= 15 is 0 Å². The van der Waals surface area contributed by atoms with Crippen molar-refractivity contribution < 1.29 is 14.6 Å². The Morgan fingerprint density at radius 3 is 2.37 bits per heavy atom. The molecule has 0 saturated carbocycles. The lowest BCUT2D eigenvalue weighted by Crippen LogP contribution is -2.21. The minimum Gasteiger partial charge on any atom is -0.494 e. The van der Waals surface area contributed by atoms with Gasteiger partial charge in [-0.1, -0.05) is 0 Å². The summed E-state index contributed by atoms with van der Waals surface area (Å²) in [6.45, 7) is 8.21. The molecule has 7 heteroatoms. The molecule has 3 heterocycles. The standard InChI is InChI=1S/C23H26N4O3/c1-14-9-17(15-7-8-19(29-5)20(10-15)30-6)25-18-13-26(22(28)21(14)18)16-11-24-27(12-16)23(2,3)4/h7-13,28H,1-6H3. The third-order valence-electron chi connectivity index (χ3n) is 5.16. The first-order valence-corrected chi connectivity index (χ1v) is 9.72. The molecule has 0 aliphatic heterocycles. The van der Waals surface area contributed by atoms with E-state index in [1.54, 1.807) is 25.0 Å². The highest BCUT2D eigenvalue weighted by atomic mass is 16.5. The van der Waals surface area contributed by atoms with Gasteiger partial charge in [0, 0.05) is 18.0 Å². The van der Waals surface area contributed by atoms with Crippen LogP contribution in [0.25, 0.3) is 27.8 Å². The Kier molecular flexibility index (Phi) is 4.68. The fourth-order valence-corrected chi connectivity index (χ4v) is 3.53. The number of pyridine rings is 1. The Morgan fingerprint density at radius 2 is 1.73 bits per heavy atom. The molecule has 30 heavy (non-hydrogen) atoms. The highest BCUT2D eigenvalue weighted by Gasteiger charge is 2.19. The van der Waals surface area contributed by atoms with Gasteiger partial charge in [-0.2, -0.15) is 5.10 Å². The highest BCUT2D eigenvalue weighted by Crippen LogP contribution is 2.36. The summed E-state index contributed by atoms with van der Waals surface area (Å²) < 4.78 is 14.3. The van der Waals surface area contributed by atoms with Gasteiger partial charge in [-0.25, -0.2) is 4.98 Å². The van der Waals surface area contributed by atoms with Gasteiger partial charge in [0.1, 0.15) is 0 Å². The number of fused-ring (bicyclic) bond motifs is 1. The Balaban J connectivity index is 1.83. The van der Waals surface area contributed by atoms with Crippen LogP contribution in [0.5, 0.6) is 17.4 Å². The van der Waals surface area contributed by atoms with Crippen molar-refractivity contribution >= 4 is 10.9 Å². The molecule has 4 aromatic rings. The smallest absolute Gasteiger partial charge is 0.205 e. The topological polar surface area (TPSA) is 74.3 Å². The zero-order chi connectivity index (χ0) is 21.6. The van der Waals surface area contributed by atoms with Crippen LogP contribution in [0.2, 0.25) is 0 Å². The molecular formula is C23H26N4O3. The van der Waals surface area contributed by atoms with Gasteiger partial charge in [0.2, 0.25) is 5.88 Å². The Bertz CT molecular complexity index is 1230. The highest BCUT2D eigenvalue weighted by molar-refractivity contribution is 5.90. The van der Waals surface area contributed by atoms with Gasteiger partial charge in [-0.15, -0.1) is 0 Å². The number of ether oxygens (including phenoxy) is 2. The minimum atomic E-state index is -0.144. The van der Waals surface area contributed by atoms with Gasteiger partial charge in [-0.05, 0) is 57.5 Å². The van der Waals surface area contributed by atoms with Crippen molar-refractivity contribution in [2.75, 3.05) is 14.2 Å². The van der Waals surface area contributed by atoms with Gasteiger partial charge in [0.15, 0.2) is 11.5 Å². The number of rotatable bonds is 4. The van der Waals surface area contributed by atoms with E-state index in [4.69, 9.17) is 14.5 Å². The fraction of sp³-hybridized carbons (Fsp3) is 0.304. The van der Waals surface area contributed by atoms with Crippen LogP contribution < -0.4 is 9.47 Å². The number of hydrogen-bond acceptors (Lipinski definition) is 5. The van der Waals surface area contributed by atoms with Crippen molar-refractivity contribution in [3.63, 3.8) is 0 Å². The molecule has 0 fully saturated rings. The average Bonchev–Trinajstić information content (AvgIpc) is 3.32. The van der Waals surface area contributed by atoms with Crippen LogP contribution in [0.3, 0.4) is 0 Å². The molecule has 0 amide bonds. The average molecular weight is 406 g/mol. The number of hydrogen-bond donors (Lipinski definition) is 1. The molecule has 7 nitrogen and oxygen atoms in total. The summed E-state index contributed by atoms with van der Waals surface area (Å²) in [7, 11) is 3.22. The monoisotopic (exact) mass is 406 g/mol. The summed E-state index contributed by atoms with van der Waals surface area (Å²) in [6, 6.07) is 7.67. The number of aryl methyl sites for hydroxylation is 1. The Morgan fingerprint density at radius 1 is 1.00 bits per heavy atom. The number of benzene rings is 1. The predicted octanol–water partition coefficient (Wildman–Crippen LogP) is 4.68. The van der Waals surface area contributed by atoms with Gasteiger partial charge in [0.05, 0.1) is 48.2 Å². The first-order valence-electron chi connectivity index (χ1n) is 9.72. The molecule has 0 bridgehead atoms. The van der Waals surface area contributed by atoms with Crippen LogP contribution in [-0.2, 0) is 5.54 Å². The normalized spacial score (nSPS) is 11.8. The molecule has 4 rings (SSSR count). The molecule has 1 N–H and O–H groups in total. The van der Waals surface area contributed by atoms with Gasteiger partial charge >= 0.3 is 0 Å². The number of aromatic nitrogens is 4. The van der Waals surface area contributed by atoms with E-state index in [0.29, 0.717) is 17.0 Å². The van der Waals surface area contributed by atoms with Crippen molar-refractivity contribution in [2.24, 2.45) is 0 Å². The van der Waals surface area contributed by atoms with Crippen LogP contribution in [0.4, 0.5) is 0 Å². The quantitative estimate of drug-likeness (QED) is 0.533. The van der Waals surface area contributed by atoms with E-state index in [0.717, 1.165) is 27.9 Å². The van der Waals surface area contributed by atoms with Gasteiger partial charge < -0.3 is 14.6 Å². The van der Waals surface area contributed by atoms with Gasteiger partial charge in [-0.3, -0.25) is 9.25 Å². The molecule has 0 atom stereocenters. The summed E-state index contributed by atoms with van der Waals surface area (Å²) in [5.74, 6) is 1.46. The van der Waals surface area contributed by atoms with Crippen LogP contribution in [0, 0.1) is 6.92 Å². The zero-order valence-electron chi connectivity index (χ0n) is 18.1. The molecular weight excluding hydrogens is 380 g/mol. The SMILES string of the molecule is COc1ccc(-c2cc(C)c3c(O)n(-c4cnn(C(C)(C)C)c4)cc3n2)cc1OC. The third kappa shape index (κ3) is 3.26. The lowest BCUT2D eigenvalue weighted by Gasteiger charge is -2.18. The van der Waals surface area contributed by atoms with E-state index in [1.165, 1.54) is 0 Å². The molecule has 1 aromatic carbocycles. The van der Waals surface area contributed by atoms with Crippen LogP contribution in [-0.4, -0.2) is 38.7 Å². The summed E-state index contributed by atoms with van der Waals surface area (Å²) in [6.07, 6.45) is 5.50. The van der Waals surface area contributed by atoms with Crippen molar-refractivity contribution in [1.29, 1.82) is 0 Å². The summed E-state index contributed by atoms with van der Waals surface area (Å²) >= 11 is 0. The molecule has 3 aromatic heterocycles. The van der Waals surface area contributed by atoms with Crippen LogP contribution in [0.1, 0.15) is 26.3 Å².